The second-order valence-electron chi connectivity index (χ2n) is 4.76. The lowest BCUT2D eigenvalue weighted by atomic mass is 10.1. The molecule has 0 aliphatic heterocycles. The third kappa shape index (κ3) is 3.14. The van der Waals surface area contributed by atoms with Gasteiger partial charge in [0.25, 0.3) is 0 Å². The largest absolute Gasteiger partial charge is 0.481 e. The van der Waals surface area contributed by atoms with Crippen molar-refractivity contribution in [1.82, 2.24) is 9.97 Å². The van der Waals surface area contributed by atoms with E-state index in [-0.39, 0.29) is 0 Å². The maximum atomic E-state index is 11.3. The normalized spacial score (nSPS) is 10.8. The zero-order chi connectivity index (χ0) is 14.7. The van der Waals surface area contributed by atoms with Gasteiger partial charge in [-0.05, 0) is 18.4 Å². The molecular weight excluding hydrogens is 276 g/mol. The first-order valence-electron chi connectivity index (χ1n) is 6.25. The van der Waals surface area contributed by atoms with Crippen LogP contribution < -0.4 is 4.74 Å². The maximum Gasteiger partial charge on any atom is 0.347 e. The van der Waals surface area contributed by atoms with Gasteiger partial charge < -0.3 is 9.84 Å². The summed E-state index contributed by atoms with van der Waals surface area (Å²) in [6, 6.07) is 5.35. The Kier molecular flexibility index (Phi) is 4.34. The first kappa shape index (κ1) is 14.5. The Morgan fingerprint density at radius 2 is 2.15 bits per heavy atom. The number of hydrogen-bond donors (Lipinski definition) is 1. The zero-order valence-electron chi connectivity index (χ0n) is 11.6. The van der Waals surface area contributed by atoms with Crippen LogP contribution in [0.25, 0.3) is 10.7 Å². The third-order valence-electron chi connectivity index (χ3n) is 2.64. The van der Waals surface area contributed by atoms with Crippen molar-refractivity contribution in [3.05, 3.63) is 28.8 Å². The van der Waals surface area contributed by atoms with Gasteiger partial charge in [0.15, 0.2) is 0 Å². The highest BCUT2D eigenvalue weighted by molar-refractivity contribution is 7.17. The molecule has 0 aliphatic rings. The fourth-order valence-corrected chi connectivity index (χ4v) is 2.70. The lowest BCUT2D eigenvalue weighted by molar-refractivity contribution is 0.0700. The predicted molar refractivity (Wildman–Crippen MR) is 77.4 cm³/mol. The van der Waals surface area contributed by atoms with E-state index in [4.69, 9.17) is 4.74 Å². The van der Waals surface area contributed by atoms with Crippen LogP contribution in [0.1, 0.15) is 29.2 Å². The number of pyridine rings is 1. The van der Waals surface area contributed by atoms with E-state index in [2.05, 4.69) is 9.97 Å². The molecule has 2 heterocycles. The van der Waals surface area contributed by atoms with Gasteiger partial charge >= 0.3 is 5.97 Å². The number of methoxy groups -OCH3 is 1. The van der Waals surface area contributed by atoms with Crippen LogP contribution in [0, 0.1) is 5.92 Å². The number of nitrogens with zero attached hydrogens (tertiary/aromatic N) is 2. The van der Waals surface area contributed by atoms with Crippen LogP contribution in [0.4, 0.5) is 0 Å². The van der Waals surface area contributed by atoms with Crippen molar-refractivity contribution in [2.75, 3.05) is 7.11 Å². The summed E-state index contributed by atoms with van der Waals surface area (Å²) in [5.41, 5.74) is 1.25. The number of aromatic carboxylic acids is 1. The standard InChI is InChI=1S/C14H16N2O3S/c1-8(2)7-10-12(14(17)18)20-13(16-10)9-5-4-6-11(15-9)19-3/h4-6,8H,7H2,1-3H3,(H,17,18). The number of carbonyl (C=O) groups is 1. The number of thiazole rings is 1. The molecule has 0 saturated carbocycles. The Morgan fingerprint density at radius 3 is 2.75 bits per heavy atom. The van der Waals surface area contributed by atoms with Gasteiger partial charge in [0.2, 0.25) is 5.88 Å². The zero-order valence-corrected chi connectivity index (χ0v) is 12.4. The van der Waals surface area contributed by atoms with E-state index in [1.807, 2.05) is 19.9 Å². The van der Waals surface area contributed by atoms with Crippen molar-refractivity contribution in [1.29, 1.82) is 0 Å². The molecule has 0 bridgehead atoms. The van der Waals surface area contributed by atoms with Crippen molar-refractivity contribution in [2.24, 2.45) is 5.92 Å². The van der Waals surface area contributed by atoms with Gasteiger partial charge in [0.05, 0.1) is 12.8 Å². The van der Waals surface area contributed by atoms with Crippen LogP contribution in [-0.4, -0.2) is 28.2 Å². The summed E-state index contributed by atoms with van der Waals surface area (Å²) in [6.07, 6.45) is 0.641. The van der Waals surface area contributed by atoms with Crippen LogP contribution in [0.5, 0.6) is 5.88 Å². The van der Waals surface area contributed by atoms with Crippen LogP contribution in [0.3, 0.4) is 0 Å². The van der Waals surface area contributed by atoms with Gasteiger partial charge in [-0.25, -0.2) is 14.8 Å². The minimum Gasteiger partial charge on any atom is -0.481 e. The predicted octanol–water partition coefficient (Wildman–Crippen LogP) is 3.11. The quantitative estimate of drug-likeness (QED) is 0.916. The molecule has 0 amide bonds. The highest BCUT2D eigenvalue weighted by Gasteiger charge is 2.19. The van der Waals surface area contributed by atoms with Crippen LogP contribution >= 0.6 is 11.3 Å². The number of hydrogen-bond acceptors (Lipinski definition) is 5. The molecule has 20 heavy (non-hydrogen) atoms. The van der Waals surface area contributed by atoms with E-state index in [9.17, 15) is 9.90 Å². The van der Waals surface area contributed by atoms with E-state index in [1.165, 1.54) is 0 Å². The second kappa shape index (κ2) is 6.00. The lowest BCUT2D eigenvalue weighted by Crippen LogP contribution is -2.02. The van der Waals surface area contributed by atoms with Gasteiger partial charge in [-0.3, -0.25) is 0 Å². The summed E-state index contributed by atoms with van der Waals surface area (Å²) in [7, 11) is 1.54. The van der Waals surface area contributed by atoms with Gasteiger partial charge in [-0.1, -0.05) is 19.9 Å². The summed E-state index contributed by atoms with van der Waals surface area (Å²) in [5.74, 6) is -0.103. The Labute approximate surface area is 121 Å². The second-order valence-corrected chi connectivity index (χ2v) is 5.76. The molecule has 0 fully saturated rings. The van der Waals surface area contributed by atoms with Crippen LogP contribution in [0.15, 0.2) is 18.2 Å². The summed E-state index contributed by atoms with van der Waals surface area (Å²) in [6.45, 7) is 4.07. The van der Waals surface area contributed by atoms with Crippen LogP contribution in [-0.2, 0) is 6.42 Å². The lowest BCUT2D eigenvalue weighted by Gasteiger charge is -2.01. The minimum absolute atomic E-state index is 0.290. The van der Waals surface area contributed by atoms with E-state index in [0.717, 1.165) is 11.3 Å². The molecule has 5 nitrogen and oxygen atoms in total. The Bertz CT molecular complexity index is 623. The van der Waals surface area contributed by atoms with Crippen molar-refractivity contribution < 1.29 is 14.6 Å². The Hall–Kier alpha value is -1.95. The highest BCUT2D eigenvalue weighted by Crippen LogP contribution is 2.29. The van der Waals surface area contributed by atoms with Crippen molar-refractivity contribution in [2.45, 2.75) is 20.3 Å². The molecule has 0 spiro atoms. The molecule has 0 saturated heterocycles. The molecule has 0 atom stereocenters. The Morgan fingerprint density at radius 1 is 1.40 bits per heavy atom. The fraction of sp³-hybridized carbons (Fsp3) is 0.357. The number of rotatable bonds is 5. The van der Waals surface area contributed by atoms with Gasteiger partial charge in [-0.15, -0.1) is 11.3 Å². The van der Waals surface area contributed by atoms with Gasteiger partial charge in [0.1, 0.15) is 15.6 Å². The molecule has 1 N–H and O–H groups in total. The van der Waals surface area contributed by atoms with Crippen molar-refractivity contribution in [3.8, 4) is 16.6 Å². The fourth-order valence-electron chi connectivity index (χ4n) is 1.80. The van der Waals surface area contributed by atoms with Gasteiger partial charge in [0, 0.05) is 6.07 Å². The average Bonchev–Trinajstić information content (AvgIpc) is 2.82. The molecule has 0 radical (unpaired) electrons. The molecule has 0 aromatic carbocycles. The first-order valence-corrected chi connectivity index (χ1v) is 7.07. The summed E-state index contributed by atoms with van der Waals surface area (Å²) in [4.78, 5) is 20.3. The van der Waals surface area contributed by atoms with Gasteiger partial charge in [-0.2, -0.15) is 0 Å². The molecule has 6 heteroatoms. The molecule has 2 aromatic heterocycles. The molecular formula is C14H16N2O3S. The monoisotopic (exact) mass is 292 g/mol. The van der Waals surface area contributed by atoms with E-state index in [0.29, 0.717) is 39.5 Å². The summed E-state index contributed by atoms with van der Waals surface area (Å²) < 4.78 is 5.07. The first-order chi connectivity index (χ1) is 9.51. The smallest absolute Gasteiger partial charge is 0.347 e. The minimum atomic E-state index is -0.938. The SMILES string of the molecule is COc1cccc(-c2nc(CC(C)C)c(C(=O)O)s2)n1. The molecule has 0 aliphatic carbocycles. The molecule has 2 aromatic rings. The maximum absolute atomic E-state index is 11.3. The van der Waals surface area contributed by atoms with Crippen molar-refractivity contribution >= 4 is 17.3 Å². The highest BCUT2D eigenvalue weighted by atomic mass is 32.1. The average molecular weight is 292 g/mol. The number of ether oxygens (including phenoxy) is 1. The topological polar surface area (TPSA) is 72.3 Å². The van der Waals surface area contributed by atoms with Crippen LogP contribution in [0.2, 0.25) is 0 Å². The Balaban J connectivity index is 2.44. The number of aromatic nitrogens is 2. The molecule has 106 valence electrons. The molecule has 0 unspecified atom stereocenters. The van der Waals surface area contributed by atoms with E-state index in [1.54, 1.807) is 19.2 Å². The number of carboxylic acid groups (broad SMARTS) is 1. The van der Waals surface area contributed by atoms with E-state index < -0.39 is 5.97 Å². The number of carboxylic acids is 1. The summed E-state index contributed by atoms with van der Waals surface area (Å²) in [5, 5.41) is 9.87. The van der Waals surface area contributed by atoms with E-state index >= 15 is 0 Å². The molecule has 2 rings (SSSR count). The third-order valence-corrected chi connectivity index (χ3v) is 3.75. The van der Waals surface area contributed by atoms with Crippen molar-refractivity contribution in [3.63, 3.8) is 0 Å². The summed E-state index contributed by atoms with van der Waals surface area (Å²) >= 11 is 1.15.